The molecule has 126 valence electrons. The average Bonchev–Trinajstić information content (AvgIpc) is 3.30. The second kappa shape index (κ2) is 6.63. The van der Waals surface area contributed by atoms with Crippen LogP contribution in [-0.2, 0) is 0 Å². The molecule has 0 unspecified atom stereocenters. The topological polar surface area (TPSA) is 60.2 Å². The highest BCUT2D eigenvalue weighted by molar-refractivity contribution is 5.94. The number of carbonyl (C=O) groups excluding carboxylic acids is 1. The lowest BCUT2D eigenvalue weighted by Gasteiger charge is -2.32. The minimum absolute atomic E-state index is 0.0353. The monoisotopic (exact) mass is 326 g/mol. The molecule has 4 rings (SSSR count). The van der Waals surface area contributed by atoms with Crippen LogP contribution in [0.25, 0.3) is 0 Å². The Hall–Kier alpha value is -2.37. The van der Waals surface area contributed by atoms with Gasteiger partial charge in [-0.15, -0.1) is 0 Å². The summed E-state index contributed by atoms with van der Waals surface area (Å²) >= 11 is 0. The molecule has 1 saturated carbocycles. The molecule has 1 aliphatic carbocycles. The first-order valence-electron chi connectivity index (χ1n) is 8.67. The molecule has 0 spiro atoms. The standard InChI is InChI=1S/C18H22N4O2/c23-18(15-6-7-17(19-11-15)24-13-14-4-5-14)21-9-1-3-16(12-21)22-10-2-8-20-22/h2,6-8,10-11,14,16H,1,3-5,9,12-13H2/t16-/m1/s1. The van der Waals surface area contributed by atoms with Crippen molar-refractivity contribution < 1.29 is 9.53 Å². The van der Waals surface area contributed by atoms with Gasteiger partial charge in [0.25, 0.3) is 5.91 Å². The number of hydrogen-bond donors (Lipinski definition) is 0. The number of pyridine rings is 1. The minimum atomic E-state index is 0.0353. The molecule has 1 atom stereocenters. The predicted octanol–water partition coefficient (Wildman–Crippen LogP) is 2.54. The first kappa shape index (κ1) is 15.2. The molecule has 0 radical (unpaired) electrons. The van der Waals surface area contributed by atoms with Gasteiger partial charge in [0.05, 0.1) is 18.2 Å². The summed E-state index contributed by atoms with van der Waals surface area (Å²) in [6.45, 7) is 2.22. The molecule has 6 heteroatoms. The van der Waals surface area contributed by atoms with Crippen LogP contribution in [0.3, 0.4) is 0 Å². The highest BCUT2D eigenvalue weighted by Gasteiger charge is 2.26. The summed E-state index contributed by atoms with van der Waals surface area (Å²) in [5, 5.41) is 4.31. The van der Waals surface area contributed by atoms with Crippen LogP contribution < -0.4 is 4.74 Å². The van der Waals surface area contributed by atoms with E-state index in [4.69, 9.17) is 4.74 Å². The molecule has 1 aliphatic heterocycles. The largest absolute Gasteiger partial charge is 0.477 e. The van der Waals surface area contributed by atoms with Crippen molar-refractivity contribution >= 4 is 5.91 Å². The fourth-order valence-electron chi connectivity index (χ4n) is 3.11. The van der Waals surface area contributed by atoms with E-state index in [0.717, 1.165) is 26.0 Å². The van der Waals surface area contributed by atoms with E-state index in [2.05, 4.69) is 10.1 Å². The molecular formula is C18H22N4O2. The number of carbonyl (C=O) groups is 1. The van der Waals surface area contributed by atoms with E-state index in [1.165, 1.54) is 12.8 Å². The molecule has 2 fully saturated rings. The maximum atomic E-state index is 12.7. The Morgan fingerprint density at radius 1 is 1.29 bits per heavy atom. The molecule has 2 aromatic rings. The smallest absolute Gasteiger partial charge is 0.255 e. The van der Waals surface area contributed by atoms with Crippen LogP contribution in [0, 0.1) is 5.92 Å². The molecule has 0 N–H and O–H groups in total. The van der Waals surface area contributed by atoms with Crippen LogP contribution in [0.15, 0.2) is 36.8 Å². The quantitative estimate of drug-likeness (QED) is 0.847. The molecule has 0 aromatic carbocycles. The van der Waals surface area contributed by atoms with Crippen molar-refractivity contribution in [2.75, 3.05) is 19.7 Å². The van der Waals surface area contributed by atoms with Gasteiger partial charge in [0.2, 0.25) is 5.88 Å². The summed E-state index contributed by atoms with van der Waals surface area (Å²) in [6.07, 6.45) is 9.93. The van der Waals surface area contributed by atoms with E-state index in [9.17, 15) is 4.79 Å². The number of nitrogens with zero attached hydrogens (tertiary/aromatic N) is 4. The lowest BCUT2D eigenvalue weighted by molar-refractivity contribution is 0.0672. The van der Waals surface area contributed by atoms with Crippen molar-refractivity contribution in [3.8, 4) is 5.88 Å². The maximum absolute atomic E-state index is 12.7. The molecule has 0 bridgehead atoms. The zero-order valence-electron chi connectivity index (χ0n) is 13.7. The van der Waals surface area contributed by atoms with Gasteiger partial charge in [-0.25, -0.2) is 4.98 Å². The summed E-state index contributed by atoms with van der Waals surface area (Å²) in [7, 11) is 0. The van der Waals surface area contributed by atoms with E-state index < -0.39 is 0 Å². The van der Waals surface area contributed by atoms with E-state index in [1.807, 2.05) is 27.9 Å². The highest BCUT2D eigenvalue weighted by atomic mass is 16.5. The number of amides is 1. The Bertz CT molecular complexity index is 680. The average molecular weight is 326 g/mol. The number of rotatable bonds is 5. The lowest BCUT2D eigenvalue weighted by Crippen LogP contribution is -2.40. The van der Waals surface area contributed by atoms with Gasteiger partial charge in [0, 0.05) is 37.7 Å². The second-order valence-electron chi connectivity index (χ2n) is 6.67. The Balaban J connectivity index is 1.38. The highest BCUT2D eigenvalue weighted by Crippen LogP contribution is 2.29. The Morgan fingerprint density at radius 2 is 2.21 bits per heavy atom. The molecule has 24 heavy (non-hydrogen) atoms. The molecule has 2 aromatic heterocycles. The number of hydrogen-bond acceptors (Lipinski definition) is 4. The third kappa shape index (κ3) is 3.42. The SMILES string of the molecule is O=C(c1ccc(OCC2CC2)nc1)N1CCC[C@@H](n2cccn2)C1. The van der Waals surface area contributed by atoms with Gasteiger partial charge in [-0.2, -0.15) is 5.10 Å². The fourth-order valence-corrected chi connectivity index (χ4v) is 3.11. The van der Waals surface area contributed by atoms with Crippen molar-refractivity contribution in [2.45, 2.75) is 31.7 Å². The van der Waals surface area contributed by atoms with Crippen LogP contribution in [-0.4, -0.2) is 45.3 Å². The molecule has 1 amide bonds. The summed E-state index contributed by atoms with van der Waals surface area (Å²) < 4.78 is 7.58. The Labute approximate surface area is 141 Å². The van der Waals surface area contributed by atoms with E-state index >= 15 is 0 Å². The molecule has 6 nitrogen and oxygen atoms in total. The van der Waals surface area contributed by atoms with Gasteiger partial charge in [0.15, 0.2) is 0 Å². The van der Waals surface area contributed by atoms with Gasteiger partial charge < -0.3 is 9.64 Å². The minimum Gasteiger partial charge on any atom is -0.477 e. The summed E-state index contributed by atoms with van der Waals surface area (Å²) in [4.78, 5) is 18.9. The van der Waals surface area contributed by atoms with Crippen LogP contribution in [0.5, 0.6) is 5.88 Å². The molecule has 1 saturated heterocycles. The van der Waals surface area contributed by atoms with Crippen molar-refractivity contribution in [3.63, 3.8) is 0 Å². The van der Waals surface area contributed by atoms with Crippen LogP contribution in [0.1, 0.15) is 42.1 Å². The summed E-state index contributed by atoms with van der Waals surface area (Å²) in [6, 6.07) is 5.79. The Morgan fingerprint density at radius 3 is 2.92 bits per heavy atom. The van der Waals surface area contributed by atoms with Crippen molar-refractivity contribution in [2.24, 2.45) is 5.92 Å². The van der Waals surface area contributed by atoms with Crippen molar-refractivity contribution in [1.29, 1.82) is 0 Å². The van der Waals surface area contributed by atoms with Gasteiger partial charge in [-0.05, 0) is 43.7 Å². The first-order valence-corrected chi connectivity index (χ1v) is 8.67. The van der Waals surface area contributed by atoms with Crippen LogP contribution in [0.4, 0.5) is 0 Å². The van der Waals surface area contributed by atoms with Gasteiger partial charge in [0.1, 0.15) is 0 Å². The molecule has 2 aliphatic rings. The molecular weight excluding hydrogens is 304 g/mol. The summed E-state index contributed by atoms with van der Waals surface area (Å²) in [5.74, 6) is 1.33. The predicted molar refractivity (Wildman–Crippen MR) is 88.9 cm³/mol. The first-order chi connectivity index (χ1) is 11.8. The van der Waals surface area contributed by atoms with Gasteiger partial charge >= 0.3 is 0 Å². The third-order valence-electron chi connectivity index (χ3n) is 4.73. The van der Waals surface area contributed by atoms with E-state index in [1.54, 1.807) is 18.5 Å². The Kier molecular flexibility index (Phi) is 4.19. The second-order valence-corrected chi connectivity index (χ2v) is 6.67. The normalized spacial score (nSPS) is 20.8. The van der Waals surface area contributed by atoms with Crippen molar-refractivity contribution in [1.82, 2.24) is 19.7 Å². The fraction of sp³-hybridized carbons (Fsp3) is 0.500. The van der Waals surface area contributed by atoms with Gasteiger partial charge in [-0.1, -0.05) is 0 Å². The third-order valence-corrected chi connectivity index (χ3v) is 4.73. The number of aromatic nitrogens is 3. The van der Waals surface area contributed by atoms with Gasteiger partial charge in [-0.3, -0.25) is 9.48 Å². The molecule has 3 heterocycles. The van der Waals surface area contributed by atoms with Crippen LogP contribution in [0.2, 0.25) is 0 Å². The van der Waals surface area contributed by atoms with E-state index in [0.29, 0.717) is 23.9 Å². The lowest BCUT2D eigenvalue weighted by atomic mass is 10.0. The zero-order chi connectivity index (χ0) is 16.4. The maximum Gasteiger partial charge on any atom is 0.255 e. The summed E-state index contributed by atoms with van der Waals surface area (Å²) in [5.41, 5.74) is 0.620. The van der Waals surface area contributed by atoms with E-state index in [-0.39, 0.29) is 11.9 Å². The van der Waals surface area contributed by atoms with Crippen molar-refractivity contribution in [3.05, 3.63) is 42.4 Å². The number of ether oxygens (including phenoxy) is 1. The number of likely N-dealkylation sites (tertiary alicyclic amines) is 1. The number of piperidine rings is 1. The van der Waals surface area contributed by atoms with Crippen LogP contribution >= 0.6 is 0 Å². The zero-order valence-corrected chi connectivity index (χ0v) is 13.7.